The van der Waals surface area contributed by atoms with Crippen LogP contribution in [0.4, 0.5) is 5.69 Å². The topological polar surface area (TPSA) is 26.0 Å². The number of hydrogen-bond donors (Lipinski definition) is 1. The van der Waals surface area contributed by atoms with Crippen LogP contribution >= 0.6 is 0 Å². The van der Waals surface area contributed by atoms with Crippen LogP contribution in [0, 0.1) is 0 Å². The smallest absolute Gasteiger partial charge is 0.114 e. The van der Waals surface area contributed by atoms with Gasteiger partial charge in [0.2, 0.25) is 0 Å². The Bertz CT molecular complexity index is 562. The zero-order valence-corrected chi connectivity index (χ0v) is 9.43. The van der Waals surface area contributed by atoms with Gasteiger partial charge in [0, 0.05) is 5.69 Å². The molecule has 78 valence electrons. The average molecular weight is 215 g/mol. The van der Waals surface area contributed by atoms with E-state index in [4.69, 9.17) is 21.4 Å². The second-order valence-corrected chi connectivity index (χ2v) is 3.85. The van der Waals surface area contributed by atoms with E-state index in [2.05, 4.69) is 0 Å². The first kappa shape index (κ1) is 11.6. The Morgan fingerprint density at radius 2 is 1.47 bits per heavy atom. The highest BCUT2D eigenvalue weighted by Gasteiger charge is 1.95. The first-order valence-electron chi connectivity index (χ1n) is 5.34. The van der Waals surface area contributed by atoms with Crippen LogP contribution < -0.4 is 16.7 Å². The third-order valence-corrected chi connectivity index (χ3v) is 2.55. The molecule has 0 spiro atoms. The maximum absolute atomic E-state index is 5.85. The average Bonchev–Trinajstić information content (AvgIpc) is 2.32. The molecule has 0 atom stereocenters. The Hall–Kier alpha value is -1.89. The van der Waals surface area contributed by atoms with Gasteiger partial charge in [0.15, 0.2) is 0 Å². The number of anilines is 1. The standard InChI is InChI=1S/C14H11B2N/c15-13-4-2-1-3-10(13)5-6-11-9-12(17)7-8-14(11)16/h1-9H,17H2/b6-5-. The van der Waals surface area contributed by atoms with E-state index >= 15 is 0 Å². The van der Waals surface area contributed by atoms with Crippen LogP contribution in [0.2, 0.25) is 0 Å². The quantitative estimate of drug-likeness (QED) is 0.451. The Balaban J connectivity index is 2.32. The van der Waals surface area contributed by atoms with Crippen molar-refractivity contribution in [1.82, 2.24) is 0 Å². The van der Waals surface area contributed by atoms with Gasteiger partial charge in [0.05, 0.1) is 0 Å². The molecule has 0 unspecified atom stereocenters. The highest BCUT2D eigenvalue weighted by atomic mass is 14.5. The molecule has 17 heavy (non-hydrogen) atoms. The molecule has 2 aromatic rings. The van der Waals surface area contributed by atoms with Crippen molar-refractivity contribution in [2.75, 3.05) is 5.73 Å². The predicted molar refractivity (Wildman–Crippen MR) is 77.0 cm³/mol. The number of benzene rings is 2. The highest BCUT2D eigenvalue weighted by molar-refractivity contribution is 6.35. The molecule has 2 N–H and O–H groups in total. The second-order valence-electron chi connectivity index (χ2n) is 3.85. The van der Waals surface area contributed by atoms with Crippen LogP contribution in [0.15, 0.2) is 42.5 Å². The molecule has 0 amide bonds. The molecule has 0 aromatic heterocycles. The number of rotatable bonds is 2. The Kier molecular flexibility index (Phi) is 3.38. The molecule has 0 aliphatic heterocycles. The minimum absolute atomic E-state index is 0.694. The van der Waals surface area contributed by atoms with Crippen molar-refractivity contribution >= 4 is 44.5 Å². The molecular formula is C14H11B2N. The summed E-state index contributed by atoms with van der Waals surface area (Å²) in [6.45, 7) is 0. The minimum Gasteiger partial charge on any atom is -0.399 e. The molecule has 3 heteroatoms. The fourth-order valence-corrected chi connectivity index (χ4v) is 1.58. The lowest BCUT2D eigenvalue weighted by Gasteiger charge is -2.03. The van der Waals surface area contributed by atoms with Gasteiger partial charge in [-0.25, -0.2) is 0 Å². The maximum atomic E-state index is 5.85. The minimum atomic E-state index is 0.694. The van der Waals surface area contributed by atoms with Gasteiger partial charge in [0.25, 0.3) is 0 Å². The van der Waals surface area contributed by atoms with Crippen molar-refractivity contribution in [3.05, 3.63) is 53.6 Å². The van der Waals surface area contributed by atoms with Gasteiger partial charge in [-0.2, -0.15) is 0 Å². The van der Waals surface area contributed by atoms with Gasteiger partial charge in [-0.05, 0) is 23.3 Å². The predicted octanol–water partition coefficient (Wildman–Crippen LogP) is 1.03. The van der Waals surface area contributed by atoms with Gasteiger partial charge in [-0.3, -0.25) is 0 Å². The lowest BCUT2D eigenvalue weighted by molar-refractivity contribution is 1.69. The van der Waals surface area contributed by atoms with Crippen molar-refractivity contribution in [2.45, 2.75) is 0 Å². The largest absolute Gasteiger partial charge is 0.399 e. The summed E-state index contributed by atoms with van der Waals surface area (Å²) in [5, 5.41) is 0. The molecule has 4 radical (unpaired) electrons. The van der Waals surface area contributed by atoms with E-state index in [9.17, 15) is 0 Å². The molecule has 0 fully saturated rings. The van der Waals surface area contributed by atoms with Crippen LogP contribution in [0.3, 0.4) is 0 Å². The molecule has 0 bridgehead atoms. The van der Waals surface area contributed by atoms with E-state index in [0.29, 0.717) is 11.2 Å². The summed E-state index contributed by atoms with van der Waals surface area (Å²) in [4.78, 5) is 0. The van der Waals surface area contributed by atoms with Crippen molar-refractivity contribution in [3.8, 4) is 0 Å². The highest BCUT2D eigenvalue weighted by Crippen LogP contribution is 2.08. The molecule has 2 rings (SSSR count). The van der Waals surface area contributed by atoms with E-state index in [1.165, 1.54) is 0 Å². The summed E-state index contributed by atoms with van der Waals surface area (Å²) in [5.41, 5.74) is 9.71. The van der Waals surface area contributed by atoms with Crippen molar-refractivity contribution in [2.24, 2.45) is 0 Å². The molecule has 0 saturated carbocycles. The van der Waals surface area contributed by atoms with Gasteiger partial charge in [0.1, 0.15) is 15.7 Å². The van der Waals surface area contributed by atoms with E-state index < -0.39 is 0 Å². The van der Waals surface area contributed by atoms with E-state index in [-0.39, 0.29) is 0 Å². The molecule has 0 saturated heterocycles. The van der Waals surface area contributed by atoms with Gasteiger partial charge >= 0.3 is 0 Å². The fraction of sp³-hybridized carbons (Fsp3) is 0. The molecule has 2 aromatic carbocycles. The third-order valence-electron chi connectivity index (χ3n) is 2.55. The van der Waals surface area contributed by atoms with Gasteiger partial charge < -0.3 is 5.73 Å². The summed E-state index contributed by atoms with van der Waals surface area (Å²) in [7, 11) is 11.7. The molecular weight excluding hydrogens is 204 g/mol. The first-order chi connectivity index (χ1) is 8.16. The van der Waals surface area contributed by atoms with Crippen molar-refractivity contribution < 1.29 is 0 Å². The summed E-state index contributed by atoms with van der Waals surface area (Å²) in [6.07, 6.45) is 3.85. The van der Waals surface area contributed by atoms with Crippen molar-refractivity contribution in [1.29, 1.82) is 0 Å². The second kappa shape index (κ2) is 4.96. The van der Waals surface area contributed by atoms with Crippen molar-refractivity contribution in [3.63, 3.8) is 0 Å². The zero-order valence-electron chi connectivity index (χ0n) is 9.43. The lowest BCUT2D eigenvalue weighted by Crippen LogP contribution is -2.08. The first-order valence-corrected chi connectivity index (χ1v) is 5.34. The summed E-state index contributed by atoms with van der Waals surface area (Å²) in [6, 6.07) is 13.1. The van der Waals surface area contributed by atoms with Crippen LogP contribution in [-0.4, -0.2) is 15.7 Å². The Morgan fingerprint density at radius 3 is 2.24 bits per heavy atom. The molecule has 0 heterocycles. The van der Waals surface area contributed by atoms with E-state index in [0.717, 1.165) is 16.6 Å². The van der Waals surface area contributed by atoms with Crippen LogP contribution in [0.5, 0.6) is 0 Å². The lowest BCUT2D eigenvalue weighted by atomic mass is 9.88. The monoisotopic (exact) mass is 215 g/mol. The summed E-state index contributed by atoms with van der Waals surface area (Å²) >= 11 is 0. The summed E-state index contributed by atoms with van der Waals surface area (Å²) in [5.74, 6) is 0. The Morgan fingerprint density at radius 1 is 0.824 bits per heavy atom. The van der Waals surface area contributed by atoms with Crippen LogP contribution in [0.25, 0.3) is 12.2 Å². The number of nitrogen functional groups attached to an aromatic ring is 1. The molecule has 0 aliphatic carbocycles. The SMILES string of the molecule is [B]c1ccccc1/C=C\c1cc(N)ccc1[B]. The normalized spacial score (nSPS) is 10.8. The Labute approximate surface area is 104 Å². The van der Waals surface area contributed by atoms with Gasteiger partial charge in [-0.15, -0.1) is 0 Å². The number of nitrogens with two attached hydrogens (primary N) is 1. The maximum Gasteiger partial charge on any atom is 0.114 e. The van der Waals surface area contributed by atoms with Crippen LogP contribution in [-0.2, 0) is 0 Å². The van der Waals surface area contributed by atoms with E-state index in [1.807, 2.05) is 42.5 Å². The van der Waals surface area contributed by atoms with Crippen LogP contribution in [0.1, 0.15) is 11.1 Å². The van der Waals surface area contributed by atoms with E-state index in [1.54, 1.807) is 12.1 Å². The fourth-order valence-electron chi connectivity index (χ4n) is 1.58. The zero-order chi connectivity index (χ0) is 12.3. The molecule has 0 aliphatic rings. The number of hydrogen-bond acceptors (Lipinski definition) is 1. The summed E-state index contributed by atoms with van der Waals surface area (Å²) < 4.78 is 0. The third kappa shape index (κ3) is 2.82. The molecule has 1 nitrogen and oxygen atoms in total. The van der Waals surface area contributed by atoms with Gasteiger partial charge in [-0.1, -0.05) is 53.4 Å².